The van der Waals surface area contributed by atoms with Gasteiger partial charge in [0, 0.05) is 16.8 Å². The predicted molar refractivity (Wildman–Crippen MR) is 120 cm³/mol. The van der Waals surface area contributed by atoms with Crippen molar-refractivity contribution in [3.8, 4) is 6.07 Å². The molecule has 32 heavy (non-hydrogen) atoms. The normalized spacial score (nSPS) is 11.7. The summed E-state index contributed by atoms with van der Waals surface area (Å²) >= 11 is 0. The zero-order valence-corrected chi connectivity index (χ0v) is 17.3. The van der Waals surface area contributed by atoms with E-state index in [1.54, 1.807) is 78.9 Å². The van der Waals surface area contributed by atoms with Gasteiger partial charge in [0.25, 0.3) is 5.91 Å². The van der Waals surface area contributed by atoms with Crippen molar-refractivity contribution >= 4 is 29.4 Å². The number of carbonyl (C=O) groups excluding carboxylic acids is 3. The molecule has 158 valence electrons. The number of rotatable bonds is 7. The molecule has 0 aliphatic carbocycles. The first-order chi connectivity index (χ1) is 15.5. The van der Waals surface area contributed by atoms with Crippen LogP contribution in [0.5, 0.6) is 0 Å². The van der Waals surface area contributed by atoms with E-state index in [-0.39, 0.29) is 11.4 Å². The van der Waals surface area contributed by atoms with Crippen molar-refractivity contribution in [2.24, 2.45) is 0 Å². The molecule has 0 unspecified atom stereocenters. The van der Waals surface area contributed by atoms with Gasteiger partial charge in [-0.05, 0) is 30.7 Å². The van der Waals surface area contributed by atoms with Gasteiger partial charge in [-0.1, -0.05) is 72.8 Å². The largest absolute Gasteiger partial charge is 0.443 e. The Morgan fingerprint density at radius 2 is 1.59 bits per heavy atom. The first-order valence-electron chi connectivity index (χ1n) is 9.82. The average molecular weight is 424 g/mol. The van der Waals surface area contributed by atoms with Crippen molar-refractivity contribution in [1.29, 1.82) is 5.26 Å². The van der Waals surface area contributed by atoms with E-state index in [1.165, 1.54) is 13.0 Å². The Labute approximate surface area is 185 Å². The molecule has 0 saturated heterocycles. The summed E-state index contributed by atoms with van der Waals surface area (Å²) in [5.74, 6) is -1.67. The minimum Gasteiger partial charge on any atom is -0.443 e. The van der Waals surface area contributed by atoms with Gasteiger partial charge in [-0.2, -0.15) is 5.26 Å². The molecule has 6 heteroatoms. The summed E-state index contributed by atoms with van der Waals surface area (Å²) in [6.45, 7) is 1.43. The number of carbonyl (C=O) groups is 3. The van der Waals surface area contributed by atoms with Crippen LogP contribution < -0.4 is 5.32 Å². The summed E-state index contributed by atoms with van der Waals surface area (Å²) in [5, 5.41) is 12.1. The van der Waals surface area contributed by atoms with Crippen LogP contribution in [0.25, 0.3) is 6.08 Å². The predicted octanol–water partition coefficient (Wildman–Crippen LogP) is 4.72. The summed E-state index contributed by atoms with van der Waals surface area (Å²) in [6, 6.07) is 25.6. The van der Waals surface area contributed by atoms with Gasteiger partial charge in [-0.25, -0.2) is 4.79 Å². The lowest BCUT2D eigenvalue weighted by molar-refractivity contribution is -0.150. The average Bonchev–Trinajstić information content (AvgIpc) is 2.82. The fraction of sp³-hybridized carbons (Fsp3) is 0.0769. The Hall–Kier alpha value is -4.50. The van der Waals surface area contributed by atoms with Crippen LogP contribution in [-0.4, -0.2) is 17.7 Å². The first-order valence-corrected chi connectivity index (χ1v) is 9.82. The van der Waals surface area contributed by atoms with Crippen LogP contribution in [0.3, 0.4) is 0 Å². The lowest BCUT2D eigenvalue weighted by Crippen LogP contribution is -2.26. The van der Waals surface area contributed by atoms with Gasteiger partial charge >= 0.3 is 5.97 Å². The molecular weight excluding hydrogens is 404 g/mol. The summed E-state index contributed by atoms with van der Waals surface area (Å²) < 4.78 is 5.46. The standard InChI is InChI=1S/C26H20N2O4/c1-18(29)21-13-8-14-23(16-21)28-25(30)24(20-11-6-3-7-12-20)32-26(31)22(17-27)15-19-9-4-2-5-10-19/h2-16,24H,1H3,(H,28,30)/b22-15+/t24-/m1/s1. The Morgan fingerprint density at radius 3 is 2.22 bits per heavy atom. The Bertz CT molecular complexity index is 1200. The first kappa shape index (κ1) is 22.2. The molecule has 0 aromatic heterocycles. The Kier molecular flexibility index (Phi) is 7.29. The number of hydrogen-bond acceptors (Lipinski definition) is 5. The third kappa shape index (κ3) is 5.77. The lowest BCUT2D eigenvalue weighted by atomic mass is 10.1. The number of benzene rings is 3. The van der Waals surface area contributed by atoms with Crippen molar-refractivity contribution in [1.82, 2.24) is 0 Å². The molecule has 3 aromatic carbocycles. The van der Waals surface area contributed by atoms with Crippen molar-refractivity contribution < 1.29 is 19.1 Å². The second-order valence-electron chi connectivity index (χ2n) is 6.90. The molecule has 3 aromatic rings. The molecule has 3 rings (SSSR count). The molecule has 0 fully saturated rings. The molecule has 1 N–H and O–H groups in total. The molecular formula is C26H20N2O4. The second kappa shape index (κ2) is 10.5. The van der Waals surface area contributed by atoms with E-state index in [0.717, 1.165) is 0 Å². The van der Waals surface area contributed by atoms with Crippen LogP contribution in [0.2, 0.25) is 0 Å². The topological polar surface area (TPSA) is 96.3 Å². The van der Waals surface area contributed by atoms with Gasteiger partial charge in [-0.3, -0.25) is 9.59 Å². The molecule has 0 aliphatic heterocycles. The van der Waals surface area contributed by atoms with Crippen LogP contribution in [0.1, 0.15) is 34.5 Å². The van der Waals surface area contributed by atoms with Crippen LogP contribution in [0.15, 0.2) is 90.5 Å². The highest BCUT2D eigenvalue weighted by atomic mass is 16.5. The zero-order valence-electron chi connectivity index (χ0n) is 17.3. The summed E-state index contributed by atoms with van der Waals surface area (Å²) in [6.07, 6.45) is 0.107. The summed E-state index contributed by atoms with van der Waals surface area (Å²) in [7, 11) is 0. The third-order valence-electron chi connectivity index (χ3n) is 4.55. The van der Waals surface area contributed by atoms with E-state index < -0.39 is 18.0 Å². The van der Waals surface area contributed by atoms with Crippen molar-refractivity contribution in [2.45, 2.75) is 13.0 Å². The summed E-state index contributed by atoms with van der Waals surface area (Å²) in [5.41, 5.74) is 1.69. The van der Waals surface area contributed by atoms with Crippen molar-refractivity contribution in [3.05, 3.63) is 107 Å². The highest BCUT2D eigenvalue weighted by molar-refractivity contribution is 6.02. The molecule has 0 saturated carbocycles. The van der Waals surface area contributed by atoms with E-state index in [2.05, 4.69) is 5.32 Å². The highest BCUT2D eigenvalue weighted by Crippen LogP contribution is 2.22. The summed E-state index contributed by atoms with van der Waals surface area (Å²) in [4.78, 5) is 37.4. The van der Waals surface area contributed by atoms with Crippen LogP contribution in [0.4, 0.5) is 5.69 Å². The van der Waals surface area contributed by atoms with E-state index in [0.29, 0.717) is 22.4 Å². The number of Topliss-reactive ketones (excluding diaryl/α,β-unsaturated/α-hetero) is 1. The van der Waals surface area contributed by atoms with Crippen molar-refractivity contribution in [3.63, 3.8) is 0 Å². The molecule has 0 bridgehead atoms. The molecule has 0 spiro atoms. The van der Waals surface area contributed by atoms with Gasteiger partial charge in [-0.15, -0.1) is 0 Å². The second-order valence-corrected chi connectivity index (χ2v) is 6.90. The molecule has 0 heterocycles. The number of esters is 1. The maximum absolute atomic E-state index is 13.0. The van der Waals surface area contributed by atoms with E-state index in [1.807, 2.05) is 12.1 Å². The maximum atomic E-state index is 13.0. The number of nitrogens with one attached hydrogen (secondary N) is 1. The van der Waals surface area contributed by atoms with Gasteiger partial charge < -0.3 is 10.1 Å². The molecule has 0 aliphatic rings. The third-order valence-corrected chi connectivity index (χ3v) is 4.55. The van der Waals surface area contributed by atoms with Gasteiger partial charge in [0.2, 0.25) is 6.10 Å². The van der Waals surface area contributed by atoms with Gasteiger partial charge in [0.15, 0.2) is 5.78 Å². The fourth-order valence-corrected chi connectivity index (χ4v) is 2.95. The molecule has 1 amide bonds. The highest BCUT2D eigenvalue weighted by Gasteiger charge is 2.27. The number of hydrogen-bond donors (Lipinski definition) is 1. The number of nitriles is 1. The smallest absolute Gasteiger partial charge is 0.350 e. The van der Waals surface area contributed by atoms with Crippen LogP contribution in [0, 0.1) is 11.3 Å². The Balaban J connectivity index is 1.86. The number of nitrogens with zero attached hydrogens (tertiary/aromatic N) is 1. The number of anilines is 1. The minimum absolute atomic E-state index is 0.142. The van der Waals surface area contributed by atoms with Gasteiger partial charge in [0.05, 0.1) is 0 Å². The van der Waals surface area contributed by atoms with E-state index in [9.17, 15) is 19.6 Å². The monoisotopic (exact) mass is 424 g/mol. The fourth-order valence-electron chi connectivity index (χ4n) is 2.95. The number of ether oxygens (including phenoxy) is 1. The minimum atomic E-state index is -1.29. The zero-order chi connectivity index (χ0) is 22.9. The van der Waals surface area contributed by atoms with E-state index >= 15 is 0 Å². The molecule has 6 nitrogen and oxygen atoms in total. The van der Waals surface area contributed by atoms with Crippen molar-refractivity contribution in [2.75, 3.05) is 5.32 Å². The quantitative estimate of drug-likeness (QED) is 0.256. The molecule has 1 atom stereocenters. The lowest BCUT2D eigenvalue weighted by Gasteiger charge is -2.18. The molecule has 0 radical (unpaired) electrons. The maximum Gasteiger partial charge on any atom is 0.350 e. The van der Waals surface area contributed by atoms with Gasteiger partial charge in [0.1, 0.15) is 11.6 Å². The number of ketones is 1. The Morgan fingerprint density at radius 1 is 0.938 bits per heavy atom. The van der Waals surface area contributed by atoms with E-state index in [4.69, 9.17) is 4.74 Å². The van der Waals surface area contributed by atoms with Crippen LogP contribution in [-0.2, 0) is 14.3 Å². The van der Waals surface area contributed by atoms with Crippen LogP contribution >= 0.6 is 0 Å². The number of amides is 1. The SMILES string of the molecule is CC(=O)c1cccc(NC(=O)[C@H](OC(=O)/C(C#N)=C/c2ccccc2)c2ccccc2)c1.